The molecule has 0 saturated heterocycles. The molecule has 3 N–H and O–H groups in total. The third-order valence-corrected chi connectivity index (χ3v) is 21.3. The highest BCUT2D eigenvalue weighted by Crippen LogP contribution is 2.45. The van der Waals surface area contributed by atoms with Gasteiger partial charge in [-0.3, -0.25) is 37.3 Å². The summed E-state index contributed by atoms with van der Waals surface area (Å²) in [4.78, 5) is 72.8. The molecule has 0 aliphatic heterocycles. The number of aliphatic hydroxyl groups is 1. The molecular weight excluding hydrogens is 1320 g/mol. The molecule has 0 bridgehead atoms. The average molecular weight is 1480 g/mol. The van der Waals surface area contributed by atoms with Crippen LogP contribution in [0.1, 0.15) is 445 Å². The van der Waals surface area contributed by atoms with Gasteiger partial charge in [0, 0.05) is 25.7 Å². The first kappa shape index (κ1) is 99.1. The highest BCUT2D eigenvalue weighted by Gasteiger charge is 2.30. The fraction of sp³-hybridized carbons (Fsp3) is 0.951. The Hall–Kier alpha value is -1.94. The van der Waals surface area contributed by atoms with Crippen molar-refractivity contribution < 1.29 is 80.2 Å². The van der Waals surface area contributed by atoms with Gasteiger partial charge < -0.3 is 33.8 Å². The van der Waals surface area contributed by atoms with Crippen LogP contribution < -0.4 is 0 Å². The van der Waals surface area contributed by atoms with Gasteiger partial charge in [-0.1, -0.05) is 394 Å². The molecule has 2 unspecified atom stereocenters. The van der Waals surface area contributed by atoms with Crippen molar-refractivity contribution in [2.24, 2.45) is 0 Å². The number of phosphoric acid groups is 2. The molecule has 0 saturated carbocycles. The van der Waals surface area contributed by atoms with Crippen LogP contribution in [0.2, 0.25) is 0 Å². The normalized spacial score (nSPS) is 13.8. The lowest BCUT2D eigenvalue weighted by Crippen LogP contribution is -2.30. The highest BCUT2D eigenvalue weighted by molar-refractivity contribution is 7.47. The van der Waals surface area contributed by atoms with Gasteiger partial charge in [-0.15, -0.1) is 0 Å². The molecule has 101 heavy (non-hydrogen) atoms. The largest absolute Gasteiger partial charge is 0.472 e. The molecule has 0 rings (SSSR count). The summed E-state index contributed by atoms with van der Waals surface area (Å²) < 4.78 is 68.5. The summed E-state index contributed by atoms with van der Waals surface area (Å²) in [5.41, 5.74) is 0. The van der Waals surface area contributed by atoms with E-state index in [9.17, 15) is 43.2 Å². The third kappa shape index (κ3) is 76.1. The number of hydrogen-bond donors (Lipinski definition) is 3. The first-order valence-corrected chi connectivity index (χ1v) is 45.8. The maximum Gasteiger partial charge on any atom is 0.472 e. The Morgan fingerprint density at radius 3 is 0.584 bits per heavy atom. The van der Waals surface area contributed by atoms with Gasteiger partial charge in [0.2, 0.25) is 0 Å². The first-order chi connectivity index (χ1) is 49.2. The van der Waals surface area contributed by atoms with Crippen molar-refractivity contribution in [2.75, 3.05) is 39.6 Å². The number of aliphatic hydroxyl groups excluding tert-OH is 1. The van der Waals surface area contributed by atoms with Gasteiger partial charge in [0.25, 0.3) is 0 Å². The van der Waals surface area contributed by atoms with Crippen molar-refractivity contribution in [1.82, 2.24) is 0 Å². The summed E-state index contributed by atoms with van der Waals surface area (Å²) >= 11 is 0. The molecule has 0 heterocycles. The van der Waals surface area contributed by atoms with Gasteiger partial charge in [0.05, 0.1) is 26.4 Å². The molecule has 0 aliphatic carbocycles. The second-order valence-corrected chi connectivity index (χ2v) is 32.4. The molecule has 0 aromatic heterocycles. The van der Waals surface area contributed by atoms with Gasteiger partial charge in [0.1, 0.15) is 19.3 Å². The van der Waals surface area contributed by atoms with Crippen LogP contribution in [0.25, 0.3) is 0 Å². The molecule has 600 valence electrons. The molecular formula is C82H160O17P2. The lowest BCUT2D eigenvalue weighted by molar-refractivity contribution is -0.161. The zero-order valence-electron chi connectivity index (χ0n) is 65.9. The maximum atomic E-state index is 13.1. The number of phosphoric ester groups is 2. The molecule has 0 aliphatic rings. The molecule has 19 heteroatoms. The van der Waals surface area contributed by atoms with E-state index in [1.165, 1.54) is 270 Å². The molecule has 5 atom stereocenters. The van der Waals surface area contributed by atoms with E-state index in [4.69, 9.17) is 37.0 Å². The lowest BCUT2D eigenvalue weighted by Gasteiger charge is -2.21. The van der Waals surface area contributed by atoms with E-state index in [2.05, 4.69) is 27.7 Å². The molecule has 0 aromatic rings. The summed E-state index contributed by atoms with van der Waals surface area (Å²) in [6.07, 6.45) is 70.0. The number of ether oxygens (including phenoxy) is 4. The van der Waals surface area contributed by atoms with Gasteiger partial charge in [-0.25, -0.2) is 9.13 Å². The van der Waals surface area contributed by atoms with Crippen molar-refractivity contribution >= 4 is 39.5 Å². The predicted octanol–water partition coefficient (Wildman–Crippen LogP) is 25.0. The van der Waals surface area contributed by atoms with E-state index in [-0.39, 0.29) is 25.7 Å². The van der Waals surface area contributed by atoms with Crippen LogP contribution in [0, 0.1) is 0 Å². The van der Waals surface area contributed by atoms with E-state index >= 15 is 0 Å². The van der Waals surface area contributed by atoms with Crippen LogP contribution in [-0.4, -0.2) is 96.7 Å². The number of hydrogen-bond acceptors (Lipinski definition) is 15. The van der Waals surface area contributed by atoms with E-state index in [1.54, 1.807) is 0 Å². The number of carbonyl (C=O) groups excluding carboxylic acids is 4. The molecule has 0 spiro atoms. The smallest absolute Gasteiger partial charge is 0.462 e. The minimum absolute atomic E-state index is 0.108. The Balaban J connectivity index is 5.10. The van der Waals surface area contributed by atoms with Gasteiger partial charge in [-0.2, -0.15) is 0 Å². The summed E-state index contributed by atoms with van der Waals surface area (Å²) in [6, 6.07) is 0. The fourth-order valence-corrected chi connectivity index (χ4v) is 14.4. The van der Waals surface area contributed by atoms with Crippen LogP contribution >= 0.6 is 15.6 Å². The van der Waals surface area contributed by atoms with E-state index in [0.717, 1.165) is 96.3 Å². The zero-order chi connectivity index (χ0) is 73.9. The Kier molecular flexibility index (Phi) is 74.8. The Labute approximate surface area is 619 Å². The second-order valence-electron chi connectivity index (χ2n) is 29.5. The standard InChI is InChI=1S/C82H160O17P2/c1-5-9-13-17-20-23-26-29-32-35-36-37-38-39-42-45-48-51-54-57-61-65-69-82(87)99-78(73-93-80(85)67-63-59-55-52-49-46-43-40-33-30-27-24-21-18-14-10-6-2)75-97-101(90,91)95-71-76(83)70-94-100(88,89)96-74-77(72-92-79(84)66-62-58-16-12-8-4)98-81(86)68-64-60-56-53-50-47-44-41-34-31-28-25-22-19-15-11-7-3/h76-78,83H,5-75H2,1-4H3,(H,88,89)(H,90,91)/t76-,77+,78+/m0/s1. The summed E-state index contributed by atoms with van der Waals surface area (Å²) in [6.45, 7) is 4.94. The highest BCUT2D eigenvalue weighted by atomic mass is 31.2. The van der Waals surface area contributed by atoms with Crippen LogP contribution in [0.5, 0.6) is 0 Å². The third-order valence-electron chi connectivity index (χ3n) is 19.4. The van der Waals surface area contributed by atoms with Crippen LogP contribution in [0.4, 0.5) is 0 Å². The Morgan fingerprint density at radius 1 is 0.238 bits per heavy atom. The monoisotopic (exact) mass is 1480 g/mol. The summed E-state index contributed by atoms with van der Waals surface area (Å²) in [7, 11) is -9.91. The van der Waals surface area contributed by atoms with Crippen LogP contribution in [0.15, 0.2) is 0 Å². The quantitative estimate of drug-likeness (QED) is 0.0222. The molecule has 17 nitrogen and oxygen atoms in total. The maximum absolute atomic E-state index is 13.1. The molecule has 0 aromatic carbocycles. The SMILES string of the molecule is CCCCCCCCCCCCCCCCCCCCCCCCC(=O)O[C@H](COC(=O)CCCCCCCCCCCCCCCCCCC)COP(=O)(O)OC[C@@H](O)COP(=O)(O)OC[C@@H](COC(=O)CCCCCCC)OC(=O)CCCCCCCCCCCCCCCCCCC. The average Bonchev–Trinajstić information content (AvgIpc) is 1.06. The topological polar surface area (TPSA) is 237 Å². The number of unbranched alkanes of at least 4 members (excludes halogenated alkanes) is 57. The second kappa shape index (κ2) is 76.3. The minimum atomic E-state index is -4.96. The fourth-order valence-electron chi connectivity index (χ4n) is 12.8. The van der Waals surface area contributed by atoms with Crippen LogP contribution in [-0.2, 0) is 65.4 Å². The molecule has 0 radical (unpaired) electrons. The van der Waals surface area contributed by atoms with E-state index in [0.29, 0.717) is 25.7 Å². The van der Waals surface area contributed by atoms with Gasteiger partial charge in [0.15, 0.2) is 12.2 Å². The van der Waals surface area contributed by atoms with Crippen molar-refractivity contribution in [1.29, 1.82) is 0 Å². The van der Waals surface area contributed by atoms with Crippen LogP contribution in [0.3, 0.4) is 0 Å². The minimum Gasteiger partial charge on any atom is -0.462 e. The zero-order valence-corrected chi connectivity index (χ0v) is 67.7. The Morgan fingerprint density at radius 2 is 0.396 bits per heavy atom. The number of carbonyl (C=O) groups is 4. The summed E-state index contributed by atoms with van der Waals surface area (Å²) in [5.74, 6) is -2.12. The Bertz CT molecular complexity index is 1910. The van der Waals surface area contributed by atoms with E-state index in [1.807, 2.05) is 0 Å². The molecule has 0 amide bonds. The van der Waals surface area contributed by atoms with Gasteiger partial charge in [-0.05, 0) is 25.7 Å². The van der Waals surface area contributed by atoms with Crippen molar-refractivity contribution in [3.8, 4) is 0 Å². The van der Waals surface area contributed by atoms with Crippen molar-refractivity contribution in [2.45, 2.75) is 463 Å². The van der Waals surface area contributed by atoms with E-state index < -0.39 is 97.5 Å². The lowest BCUT2D eigenvalue weighted by atomic mass is 10.0. The summed E-state index contributed by atoms with van der Waals surface area (Å²) in [5, 5.41) is 10.6. The van der Waals surface area contributed by atoms with Crippen molar-refractivity contribution in [3.63, 3.8) is 0 Å². The first-order valence-electron chi connectivity index (χ1n) is 42.8. The number of rotatable bonds is 83. The van der Waals surface area contributed by atoms with Gasteiger partial charge >= 0.3 is 39.5 Å². The van der Waals surface area contributed by atoms with Crippen molar-refractivity contribution in [3.05, 3.63) is 0 Å². The molecule has 0 fully saturated rings. The predicted molar refractivity (Wildman–Crippen MR) is 414 cm³/mol. The number of esters is 4.